The number of phenolic OH excluding ortho intramolecular Hbond substituents is 1. The molecular formula is C21H30O4. The van der Waals surface area contributed by atoms with Crippen molar-refractivity contribution in [3.05, 3.63) is 42.0 Å². The van der Waals surface area contributed by atoms with E-state index in [4.69, 9.17) is 9.47 Å². The molecule has 1 rings (SSSR count). The highest BCUT2D eigenvalue weighted by molar-refractivity contribution is 5.69. The molecule has 25 heavy (non-hydrogen) atoms. The van der Waals surface area contributed by atoms with Crippen LogP contribution < -0.4 is 4.74 Å². The summed E-state index contributed by atoms with van der Waals surface area (Å²) in [4.78, 5) is 11.7. The number of ether oxygens (including phenoxy) is 2. The van der Waals surface area contributed by atoms with Crippen molar-refractivity contribution in [1.29, 1.82) is 0 Å². The van der Waals surface area contributed by atoms with Crippen LogP contribution in [0.25, 0.3) is 6.08 Å². The van der Waals surface area contributed by atoms with Crippen LogP contribution in [0.4, 0.5) is 0 Å². The van der Waals surface area contributed by atoms with Crippen LogP contribution in [0.5, 0.6) is 11.5 Å². The number of allylic oxidation sites excluding steroid dienone is 2. The Morgan fingerprint density at radius 3 is 2.80 bits per heavy atom. The number of carbonyl (C=O) groups excluding carboxylic acids is 1. The summed E-state index contributed by atoms with van der Waals surface area (Å²) in [6.07, 6.45) is 12.5. The van der Waals surface area contributed by atoms with Crippen molar-refractivity contribution in [3.8, 4) is 11.5 Å². The molecule has 1 N–H and O–H groups in total. The molecule has 1 aromatic rings. The number of methoxy groups -OCH3 is 1. The second kappa shape index (κ2) is 12.2. The van der Waals surface area contributed by atoms with E-state index < -0.39 is 0 Å². The lowest BCUT2D eigenvalue weighted by molar-refractivity contribution is -0.142. The van der Waals surface area contributed by atoms with Gasteiger partial charge in [-0.3, -0.25) is 4.79 Å². The van der Waals surface area contributed by atoms with E-state index in [0.29, 0.717) is 18.1 Å². The molecule has 1 unspecified atom stereocenters. The quantitative estimate of drug-likeness (QED) is 0.343. The number of carbonyl (C=O) groups is 1. The van der Waals surface area contributed by atoms with Crippen LogP contribution in [-0.2, 0) is 9.53 Å². The standard InChI is InChI=1S/C21H30O4/c1-4-17(2)10-7-5-6-8-12-21(23)25-15-9-11-18-13-14-19(22)20(16-18)24-3/h7,9-11,13-14,16-17,22H,4-6,8,12,15H2,1-3H3/b10-7+,11-9+. The summed E-state index contributed by atoms with van der Waals surface area (Å²) in [5.41, 5.74) is 0.874. The first-order valence-electron chi connectivity index (χ1n) is 8.92. The molecule has 0 aliphatic heterocycles. The van der Waals surface area contributed by atoms with Gasteiger partial charge in [-0.15, -0.1) is 0 Å². The fourth-order valence-electron chi connectivity index (χ4n) is 2.19. The van der Waals surface area contributed by atoms with Gasteiger partial charge < -0.3 is 14.6 Å². The Balaban J connectivity index is 2.19. The number of hydrogen-bond donors (Lipinski definition) is 1. The molecular weight excluding hydrogens is 316 g/mol. The SMILES string of the molecule is CCC(C)/C=C/CCCCC(=O)OC/C=C/c1ccc(O)c(OC)c1. The van der Waals surface area contributed by atoms with E-state index in [1.54, 1.807) is 24.3 Å². The van der Waals surface area contributed by atoms with Crippen molar-refractivity contribution in [1.82, 2.24) is 0 Å². The van der Waals surface area contributed by atoms with Crippen molar-refractivity contribution in [2.24, 2.45) is 5.92 Å². The fourth-order valence-corrected chi connectivity index (χ4v) is 2.19. The molecule has 0 saturated carbocycles. The summed E-state index contributed by atoms with van der Waals surface area (Å²) in [6, 6.07) is 5.06. The van der Waals surface area contributed by atoms with Crippen LogP contribution in [0.1, 0.15) is 51.5 Å². The molecule has 0 aliphatic rings. The van der Waals surface area contributed by atoms with Gasteiger partial charge in [-0.25, -0.2) is 0 Å². The molecule has 0 radical (unpaired) electrons. The Bertz CT molecular complexity index is 575. The molecule has 0 aromatic heterocycles. The Kier molecular flexibility index (Phi) is 10.1. The van der Waals surface area contributed by atoms with Gasteiger partial charge in [0.15, 0.2) is 11.5 Å². The predicted molar refractivity (Wildman–Crippen MR) is 102 cm³/mol. The predicted octanol–water partition coefficient (Wildman–Crippen LogP) is 5.12. The average molecular weight is 346 g/mol. The topological polar surface area (TPSA) is 55.8 Å². The van der Waals surface area contributed by atoms with Crippen LogP contribution in [0, 0.1) is 5.92 Å². The van der Waals surface area contributed by atoms with Crippen molar-refractivity contribution in [2.75, 3.05) is 13.7 Å². The molecule has 0 heterocycles. The van der Waals surface area contributed by atoms with Crippen molar-refractivity contribution in [2.45, 2.75) is 46.0 Å². The zero-order valence-electron chi connectivity index (χ0n) is 15.5. The summed E-state index contributed by atoms with van der Waals surface area (Å²) in [7, 11) is 1.50. The van der Waals surface area contributed by atoms with E-state index >= 15 is 0 Å². The summed E-state index contributed by atoms with van der Waals surface area (Å²) < 4.78 is 10.2. The maximum atomic E-state index is 11.7. The summed E-state index contributed by atoms with van der Waals surface area (Å²) >= 11 is 0. The maximum absolute atomic E-state index is 11.7. The second-order valence-corrected chi connectivity index (χ2v) is 6.08. The Morgan fingerprint density at radius 2 is 2.08 bits per heavy atom. The summed E-state index contributed by atoms with van der Waals surface area (Å²) in [5.74, 6) is 0.982. The smallest absolute Gasteiger partial charge is 0.306 e. The van der Waals surface area contributed by atoms with Gasteiger partial charge in [-0.05, 0) is 49.0 Å². The third-order valence-corrected chi connectivity index (χ3v) is 3.96. The number of aromatic hydroxyl groups is 1. The van der Waals surface area contributed by atoms with Crippen LogP contribution in [-0.4, -0.2) is 24.8 Å². The van der Waals surface area contributed by atoms with E-state index in [9.17, 15) is 9.90 Å². The van der Waals surface area contributed by atoms with Gasteiger partial charge in [-0.2, -0.15) is 0 Å². The largest absolute Gasteiger partial charge is 0.504 e. The van der Waals surface area contributed by atoms with E-state index in [1.807, 2.05) is 6.08 Å². The second-order valence-electron chi connectivity index (χ2n) is 6.08. The maximum Gasteiger partial charge on any atom is 0.306 e. The number of unbranched alkanes of at least 4 members (excludes halogenated alkanes) is 2. The molecule has 1 aromatic carbocycles. The average Bonchev–Trinajstić information content (AvgIpc) is 2.62. The first-order chi connectivity index (χ1) is 12.1. The van der Waals surface area contributed by atoms with Crippen molar-refractivity contribution < 1.29 is 19.4 Å². The van der Waals surface area contributed by atoms with Crippen molar-refractivity contribution >= 4 is 12.0 Å². The van der Waals surface area contributed by atoms with E-state index in [1.165, 1.54) is 7.11 Å². The molecule has 0 spiro atoms. The highest BCUT2D eigenvalue weighted by Gasteiger charge is 2.02. The molecule has 0 amide bonds. The lowest BCUT2D eigenvalue weighted by Crippen LogP contribution is -2.03. The van der Waals surface area contributed by atoms with Crippen LogP contribution in [0.2, 0.25) is 0 Å². The monoisotopic (exact) mass is 346 g/mol. The van der Waals surface area contributed by atoms with Crippen LogP contribution >= 0.6 is 0 Å². The van der Waals surface area contributed by atoms with E-state index in [2.05, 4.69) is 26.0 Å². The summed E-state index contributed by atoms with van der Waals surface area (Å²) in [6.45, 7) is 4.63. The Hall–Kier alpha value is -2.23. The van der Waals surface area contributed by atoms with E-state index in [-0.39, 0.29) is 18.3 Å². The highest BCUT2D eigenvalue weighted by atomic mass is 16.5. The third kappa shape index (κ3) is 8.99. The molecule has 0 aliphatic carbocycles. The molecule has 138 valence electrons. The van der Waals surface area contributed by atoms with Gasteiger partial charge in [0.25, 0.3) is 0 Å². The van der Waals surface area contributed by atoms with Crippen molar-refractivity contribution in [3.63, 3.8) is 0 Å². The first-order valence-corrected chi connectivity index (χ1v) is 8.92. The lowest BCUT2D eigenvalue weighted by Gasteiger charge is -2.04. The van der Waals surface area contributed by atoms with Gasteiger partial charge in [-0.1, -0.05) is 44.6 Å². The van der Waals surface area contributed by atoms with Crippen LogP contribution in [0.15, 0.2) is 36.4 Å². The molecule has 4 heteroatoms. The number of benzene rings is 1. The highest BCUT2D eigenvalue weighted by Crippen LogP contribution is 2.26. The van der Waals surface area contributed by atoms with Gasteiger partial charge in [0.05, 0.1) is 7.11 Å². The van der Waals surface area contributed by atoms with Gasteiger partial charge in [0.1, 0.15) is 6.61 Å². The normalized spacial score (nSPS) is 12.6. The van der Waals surface area contributed by atoms with Gasteiger partial charge >= 0.3 is 5.97 Å². The molecule has 0 fully saturated rings. The first kappa shape index (κ1) is 20.8. The minimum atomic E-state index is -0.168. The molecule has 0 saturated heterocycles. The Morgan fingerprint density at radius 1 is 1.28 bits per heavy atom. The minimum Gasteiger partial charge on any atom is -0.504 e. The van der Waals surface area contributed by atoms with Gasteiger partial charge in [0, 0.05) is 6.42 Å². The fraction of sp³-hybridized carbons (Fsp3) is 0.476. The van der Waals surface area contributed by atoms with E-state index in [0.717, 1.165) is 31.2 Å². The molecule has 4 nitrogen and oxygen atoms in total. The summed E-state index contributed by atoms with van der Waals surface area (Å²) in [5, 5.41) is 9.53. The minimum absolute atomic E-state index is 0.102. The number of hydrogen-bond acceptors (Lipinski definition) is 4. The molecule has 0 bridgehead atoms. The molecule has 1 atom stereocenters. The number of rotatable bonds is 11. The zero-order valence-corrected chi connectivity index (χ0v) is 15.5. The number of esters is 1. The number of phenols is 1. The Labute approximate surface area is 151 Å². The van der Waals surface area contributed by atoms with Crippen LogP contribution in [0.3, 0.4) is 0 Å². The lowest BCUT2D eigenvalue weighted by atomic mass is 10.1. The van der Waals surface area contributed by atoms with Gasteiger partial charge in [0.2, 0.25) is 0 Å². The zero-order chi connectivity index (χ0) is 18.5. The third-order valence-electron chi connectivity index (χ3n) is 3.96.